The minimum Gasteiger partial charge on any atom is -1.00 e. The van der Waals surface area contributed by atoms with Crippen molar-refractivity contribution in [3.63, 3.8) is 0 Å². The molecule has 0 aromatic heterocycles. The van der Waals surface area contributed by atoms with Crippen LogP contribution in [0.3, 0.4) is 0 Å². The van der Waals surface area contributed by atoms with Crippen molar-refractivity contribution in [2.75, 3.05) is 13.7 Å². The molecule has 5 heteroatoms. The number of nitrogens with two attached hydrogens (primary N) is 2. The van der Waals surface area contributed by atoms with Gasteiger partial charge in [-0.3, -0.25) is 0 Å². The van der Waals surface area contributed by atoms with Gasteiger partial charge in [-0.25, -0.2) is 0 Å². The summed E-state index contributed by atoms with van der Waals surface area (Å²) >= 11 is 0. The first kappa shape index (κ1) is 20.8. The third-order valence-corrected chi connectivity index (χ3v) is 4.64. The van der Waals surface area contributed by atoms with E-state index in [-0.39, 0.29) is 24.8 Å². The summed E-state index contributed by atoms with van der Waals surface area (Å²) in [5.41, 5.74) is 2.73. The number of methoxy groups -OCH3 is 1. The van der Waals surface area contributed by atoms with Crippen molar-refractivity contribution in [1.29, 1.82) is 0 Å². The van der Waals surface area contributed by atoms with Gasteiger partial charge in [0, 0.05) is 24.0 Å². The molecule has 1 aliphatic heterocycles. The molecule has 3 rings (SSSR count). The number of piperidine rings is 1. The Morgan fingerprint density at radius 3 is 2.50 bits per heavy atom. The lowest BCUT2D eigenvalue weighted by Crippen LogP contribution is -3.01. The average molecular weight is 369 g/mol. The van der Waals surface area contributed by atoms with E-state index in [4.69, 9.17) is 4.74 Å². The molecule has 1 heterocycles. The summed E-state index contributed by atoms with van der Waals surface area (Å²) in [5.74, 6) is 0.995. The molecule has 2 aromatic rings. The highest BCUT2D eigenvalue weighted by molar-refractivity contribution is 5.32. The molecule has 0 aliphatic carbocycles. The molecular formula is C19H26Cl2N2O. The quantitative estimate of drug-likeness (QED) is 0.546. The molecule has 0 amide bonds. The normalized spacial score (nSPS) is 19.7. The zero-order chi connectivity index (χ0) is 15.2. The predicted molar refractivity (Wildman–Crippen MR) is 87.6 cm³/mol. The van der Waals surface area contributed by atoms with Crippen LogP contribution in [0.15, 0.2) is 54.6 Å². The van der Waals surface area contributed by atoms with E-state index < -0.39 is 0 Å². The highest BCUT2D eigenvalue weighted by Gasteiger charge is 2.32. The Labute approximate surface area is 157 Å². The van der Waals surface area contributed by atoms with Crippen molar-refractivity contribution in [3.05, 3.63) is 65.7 Å². The third-order valence-electron chi connectivity index (χ3n) is 4.64. The van der Waals surface area contributed by atoms with Gasteiger partial charge in [0.05, 0.1) is 13.7 Å². The fourth-order valence-corrected chi connectivity index (χ4v) is 3.48. The SMILES string of the molecule is COc1ccccc1C[NH2+][C@H]1CCC[NH2+][C@H]1c1ccccc1.[Cl-].[Cl-]. The Kier molecular flexibility index (Phi) is 9.16. The van der Waals surface area contributed by atoms with E-state index in [0.29, 0.717) is 12.1 Å². The van der Waals surface area contributed by atoms with Gasteiger partial charge in [-0.05, 0) is 12.1 Å². The second kappa shape index (κ2) is 10.6. The van der Waals surface area contributed by atoms with Crippen LogP contribution in [0.1, 0.15) is 30.0 Å². The number of hydrogen-bond donors (Lipinski definition) is 2. The largest absolute Gasteiger partial charge is 1.00 e. The van der Waals surface area contributed by atoms with Gasteiger partial charge in [0.2, 0.25) is 0 Å². The number of benzene rings is 2. The van der Waals surface area contributed by atoms with Crippen molar-refractivity contribution in [2.24, 2.45) is 0 Å². The Hall–Kier alpha value is -1.26. The van der Waals surface area contributed by atoms with E-state index in [2.05, 4.69) is 53.1 Å². The van der Waals surface area contributed by atoms with Crippen LogP contribution in [0.4, 0.5) is 0 Å². The van der Waals surface area contributed by atoms with Crippen LogP contribution < -0.4 is 40.2 Å². The van der Waals surface area contributed by atoms with E-state index in [9.17, 15) is 0 Å². The van der Waals surface area contributed by atoms with Gasteiger partial charge < -0.3 is 40.2 Å². The minimum absolute atomic E-state index is 0. The number of rotatable bonds is 5. The van der Waals surface area contributed by atoms with E-state index >= 15 is 0 Å². The van der Waals surface area contributed by atoms with Gasteiger partial charge in [-0.1, -0.05) is 42.5 Å². The maximum atomic E-state index is 5.47. The molecule has 0 unspecified atom stereocenters. The molecule has 1 saturated heterocycles. The Morgan fingerprint density at radius 2 is 1.75 bits per heavy atom. The predicted octanol–water partition coefficient (Wildman–Crippen LogP) is -4.77. The van der Waals surface area contributed by atoms with E-state index in [0.717, 1.165) is 12.3 Å². The molecule has 0 spiro atoms. The van der Waals surface area contributed by atoms with Gasteiger partial charge in [0.1, 0.15) is 18.3 Å². The number of hydrogen-bond acceptors (Lipinski definition) is 1. The van der Waals surface area contributed by atoms with Crippen molar-refractivity contribution < 1.29 is 40.2 Å². The summed E-state index contributed by atoms with van der Waals surface area (Å²) in [7, 11) is 1.75. The molecule has 24 heavy (non-hydrogen) atoms. The Balaban J connectivity index is 0.00000144. The van der Waals surface area contributed by atoms with Crippen LogP contribution in [0.5, 0.6) is 5.75 Å². The molecule has 0 bridgehead atoms. The number of para-hydroxylation sites is 1. The monoisotopic (exact) mass is 368 g/mol. The first-order valence-corrected chi connectivity index (χ1v) is 8.22. The van der Waals surface area contributed by atoms with E-state index in [1.54, 1.807) is 7.11 Å². The smallest absolute Gasteiger partial charge is 0.164 e. The summed E-state index contributed by atoms with van der Waals surface area (Å²) in [4.78, 5) is 0. The fourth-order valence-electron chi connectivity index (χ4n) is 3.48. The van der Waals surface area contributed by atoms with Crippen molar-refractivity contribution >= 4 is 0 Å². The van der Waals surface area contributed by atoms with Crippen LogP contribution in [0, 0.1) is 0 Å². The molecule has 1 fully saturated rings. The maximum Gasteiger partial charge on any atom is 0.164 e. The minimum atomic E-state index is 0. The average Bonchev–Trinajstić information content (AvgIpc) is 2.61. The number of ether oxygens (including phenoxy) is 1. The lowest BCUT2D eigenvalue weighted by Gasteiger charge is -2.28. The molecule has 132 valence electrons. The van der Waals surface area contributed by atoms with Crippen molar-refractivity contribution in [2.45, 2.75) is 31.5 Å². The zero-order valence-corrected chi connectivity index (χ0v) is 15.5. The van der Waals surface area contributed by atoms with Crippen LogP contribution in [-0.4, -0.2) is 19.7 Å². The fraction of sp³-hybridized carbons (Fsp3) is 0.368. The van der Waals surface area contributed by atoms with Crippen LogP contribution in [0.25, 0.3) is 0 Å². The molecule has 2 atom stereocenters. The molecule has 1 aliphatic rings. The number of quaternary nitrogens is 2. The number of halogens is 2. The van der Waals surface area contributed by atoms with Gasteiger partial charge in [-0.15, -0.1) is 0 Å². The van der Waals surface area contributed by atoms with Crippen molar-refractivity contribution in [1.82, 2.24) is 0 Å². The van der Waals surface area contributed by atoms with Crippen LogP contribution in [0.2, 0.25) is 0 Å². The molecule has 0 saturated carbocycles. The topological polar surface area (TPSA) is 42.5 Å². The highest BCUT2D eigenvalue weighted by Crippen LogP contribution is 2.18. The summed E-state index contributed by atoms with van der Waals surface area (Å²) in [6, 6.07) is 20.4. The summed E-state index contributed by atoms with van der Waals surface area (Å²) in [5, 5.41) is 4.99. The third kappa shape index (κ3) is 5.12. The van der Waals surface area contributed by atoms with Gasteiger partial charge >= 0.3 is 0 Å². The zero-order valence-electron chi connectivity index (χ0n) is 14.0. The highest BCUT2D eigenvalue weighted by atomic mass is 35.5. The standard InChI is InChI=1S/C19H24N2O.2ClH/c1-22-18-12-6-5-10-16(18)14-21-17-11-7-13-20-19(17)15-8-3-2-4-9-15;;/h2-6,8-10,12,17,19-21H,7,11,13-14H2,1H3;2*1H/t17-,19-;;/m0../s1. The summed E-state index contributed by atoms with van der Waals surface area (Å²) < 4.78 is 5.47. The maximum absolute atomic E-state index is 5.47. The lowest BCUT2D eigenvalue weighted by atomic mass is 9.92. The molecule has 4 N–H and O–H groups in total. The van der Waals surface area contributed by atoms with Crippen molar-refractivity contribution in [3.8, 4) is 5.75 Å². The molecule has 0 radical (unpaired) electrons. The second-order valence-electron chi connectivity index (χ2n) is 6.02. The molecule has 2 aromatic carbocycles. The van der Waals surface area contributed by atoms with E-state index in [1.807, 2.05) is 12.1 Å². The van der Waals surface area contributed by atoms with Crippen LogP contribution >= 0.6 is 0 Å². The lowest BCUT2D eigenvalue weighted by molar-refractivity contribution is -0.797. The van der Waals surface area contributed by atoms with E-state index in [1.165, 1.54) is 30.5 Å². The second-order valence-corrected chi connectivity index (χ2v) is 6.02. The van der Waals surface area contributed by atoms with Crippen LogP contribution in [-0.2, 0) is 6.54 Å². The summed E-state index contributed by atoms with van der Waals surface area (Å²) in [6.45, 7) is 2.21. The van der Waals surface area contributed by atoms with Gasteiger partial charge in [-0.2, -0.15) is 0 Å². The van der Waals surface area contributed by atoms with Gasteiger partial charge in [0.15, 0.2) is 6.04 Å². The first-order chi connectivity index (χ1) is 10.9. The Bertz CT molecular complexity index is 595. The van der Waals surface area contributed by atoms with Gasteiger partial charge in [0.25, 0.3) is 0 Å². The first-order valence-electron chi connectivity index (χ1n) is 8.22. The Morgan fingerprint density at radius 1 is 1.04 bits per heavy atom. The molecule has 3 nitrogen and oxygen atoms in total. The molecular weight excluding hydrogens is 343 g/mol. The summed E-state index contributed by atoms with van der Waals surface area (Å²) in [6.07, 6.45) is 2.58.